The highest BCUT2D eigenvalue weighted by molar-refractivity contribution is 9.12. The highest BCUT2D eigenvalue weighted by atomic mass is 79.9. The molecule has 0 aromatic carbocycles. The Balaban J connectivity index is 3.40. The number of hydrogen-bond acceptors (Lipinski definition) is 1. The van der Waals surface area contributed by atoms with Crippen molar-refractivity contribution in [2.24, 2.45) is 0 Å². The zero-order valence-electron chi connectivity index (χ0n) is 4.86. The monoisotopic (exact) mass is 176 g/mol. The SMILES string of the molecule is CCCC=C(Br)C=O. The first-order valence-corrected chi connectivity index (χ1v) is 3.41. The van der Waals surface area contributed by atoms with Gasteiger partial charge in [-0.25, -0.2) is 0 Å². The molecule has 0 bridgehead atoms. The van der Waals surface area contributed by atoms with E-state index < -0.39 is 0 Å². The lowest BCUT2D eigenvalue weighted by molar-refractivity contribution is -0.104. The van der Waals surface area contributed by atoms with Crippen molar-refractivity contribution in [3.8, 4) is 0 Å². The molecule has 46 valence electrons. The molecule has 0 atom stereocenters. The molecule has 0 unspecified atom stereocenters. The van der Waals surface area contributed by atoms with E-state index in [1.807, 2.05) is 6.08 Å². The van der Waals surface area contributed by atoms with Gasteiger partial charge in [-0.05, 0) is 22.4 Å². The maximum absolute atomic E-state index is 9.90. The average Bonchev–Trinajstić information content (AvgIpc) is 1.83. The van der Waals surface area contributed by atoms with Gasteiger partial charge in [0.25, 0.3) is 0 Å². The number of carbonyl (C=O) groups is 1. The number of rotatable bonds is 3. The van der Waals surface area contributed by atoms with Gasteiger partial charge < -0.3 is 0 Å². The van der Waals surface area contributed by atoms with Crippen molar-refractivity contribution in [2.45, 2.75) is 19.8 Å². The summed E-state index contributed by atoms with van der Waals surface area (Å²) in [5.74, 6) is 0. The van der Waals surface area contributed by atoms with Crippen LogP contribution in [0.1, 0.15) is 19.8 Å². The summed E-state index contributed by atoms with van der Waals surface area (Å²) in [5.41, 5.74) is 0. The maximum atomic E-state index is 9.90. The second kappa shape index (κ2) is 5.04. The van der Waals surface area contributed by atoms with Crippen molar-refractivity contribution in [3.63, 3.8) is 0 Å². The lowest BCUT2D eigenvalue weighted by Gasteiger charge is -1.82. The lowest BCUT2D eigenvalue weighted by Crippen LogP contribution is -1.70. The number of halogens is 1. The molecular weight excluding hydrogens is 168 g/mol. The fourth-order valence-corrected chi connectivity index (χ4v) is 0.559. The largest absolute Gasteiger partial charge is 0.297 e. The van der Waals surface area contributed by atoms with E-state index in [4.69, 9.17) is 0 Å². The van der Waals surface area contributed by atoms with Crippen LogP contribution >= 0.6 is 15.9 Å². The van der Waals surface area contributed by atoms with Gasteiger partial charge in [-0.1, -0.05) is 19.4 Å². The fourth-order valence-electron chi connectivity index (χ4n) is 0.330. The molecule has 0 aliphatic heterocycles. The van der Waals surface area contributed by atoms with Gasteiger partial charge in [0.1, 0.15) is 0 Å². The zero-order chi connectivity index (χ0) is 6.41. The van der Waals surface area contributed by atoms with Gasteiger partial charge in [0.05, 0.1) is 4.48 Å². The van der Waals surface area contributed by atoms with Crippen molar-refractivity contribution in [1.29, 1.82) is 0 Å². The van der Waals surface area contributed by atoms with Gasteiger partial charge in [-0.3, -0.25) is 4.79 Å². The van der Waals surface area contributed by atoms with E-state index in [1.54, 1.807) is 0 Å². The summed E-state index contributed by atoms with van der Waals surface area (Å²) in [6, 6.07) is 0. The number of allylic oxidation sites excluding steroid dienone is 2. The molecule has 0 radical (unpaired) electrons. The Labute approximate surface area is 57.9 Å². The smallest absolute Gasteiger partial charge is 0.156 e. The first kappa shape index (κ1) is 7.89. The predicted octanol–water partition coefficient (Wildman–Crippen LogP) is 2.26. The van der Waals surface area contributed by atoms with Crippen LogP contribution in [0, 0.1) is 0 Å². The first-order valence-electron chi connectivity index (χ1n) is 2.62. The van der Waals surface area contributed by atoms with E-state index in [9.17, 15) is 4.79 Å². The van der Waals surface area contributed by atoms with Gasteiger partial charge in [0.15, 0.2) is 6.29 Å². The van der Waals surface area contributed by atoms with Crippen molar-refractivity contribution >= 4 is 22.2 Å². The first-order chi connectivity index (χ1) is 3.81. The van der Waals surface area contributed by atoms with E-state index in [1.165, 1.54) is 0 Å². The summed E-state index contributed by atoms with van der Waals surface area (Å²) in [5, 5.41) is 0. The van der Waals surface area contributed by atoms with E-state index in [0.717, 1.165) is 19.1 Å². The third kappa shape index (κ3) is 4.06. The van der Waals surface area contributed by atoms with E-state index in [-0.39, 0.29) is 0 Å². The van der Waals surface area contributed by atoms with Crippen molar-refractivity contribution < 1.29 is 4.79 Å². The van der Waals surface area contributed by atoms with Gasteiger partial charge in [-0.2, -0.15) is 0 Å². The molecule has 0 aliphatic carbocycles. The molecule has 0 amide bonds. The van der Waals surface area contributed by atoms with Crippen molar-refractivity contribution in [1.82, 2.24) is 0 Å². The molecule has 0 saturated heterocycles. The summed E-state index contributed by atoms with van der Waals surface area (Å²) < 4.78 is 0.652. The van der Waals surface area contributed by atoms with Crippen LogP contribution in [0.25, 0.3) is 0 Å². The van der Waals surface area contributed by atoms with Crippen LogP contribution in [-0.4, -0.2) is 6.29 Å². The minimum atomic E-state index is 0.652. The fraction of sp³-hybridized carbons (Fsp3) is 0.500. The third-order valence-electron chi connectivity index (χ3n) is 0.741. The number of unbranched alkanes of at least 4 members (excludes halogenated alkanes) is 1. The third-order valence-corrected chi connectivity index (χ3v) is 1.25. The Hall–Kier alpha value is -0.110. The minimum absolute atomic E-state index is 0.652. The van der Waals surface area contributed by atoms with Crippen molar-refractivity contribution in [3.05, 3.63) is 10.6 Å². The van der Waals surface area contributed by atoms with Crippen molar-refractivity contribution in [2.75, 3.05) is 0 Å². The van der Waals surface area contributed by atoms with Crippen LogP contribution in [0.4, 0.5) is 0 Å². The Morgan fingerprint density at radius 1 is 1.75 bits per heavy atom. The van der Waals surface area contributed by atoms with Gasteiger partial charge >= 0.3 is 0 Å². The molecule has 1 nitrogen and oxygen atoms in total. The predicted molar refractivity (Wildman–Crippen MR) is 38.0 cm³/mol. The second-order valence-electron chi connectivity index (χ2n) is 1.50. The summed E-state index contributed by atoms with van der Waals surface area (Å²) in [6.07, 6.45) is 4.73. The van der Waals surface area contributed by atoms with Gasteiger partial charge in [-0.15, -0.1) is 0 Å². The van der Waals surface area contributed by atoms with Crippen LogP contribution in [0.15, 0.2) is 10.6 Å². The number of aldehydes is 1. The Bertz CT molecular complexity index is 96.7. The molecule has 0 heterocycles. The van der Waals surface area contributed by atoms with E-state index in [2.05, 4.69) is 22.9 Å². The highest BCUT2D eigenvalue weighted by Crippen LogP contribution is 2.02. The highest BCUT2D eigenvalue weighted by Gasteiger charge is 1.82. The summed E-state index contributed by atoms with van der Waals surface area (Å²) in [6.45, 7) is 2.07. The molecule has 0 spiro atoms. The minimum Gasteiger partial charge on any atom is -0.297 e. The molecular formula is C6H9BrO. The molecule has 2 heteroatoms. The molecule has 0 aromatic rings. The number of hydrogen-bond donors (Lipinski definition) is 0. The normalized spacial score (nSPS) is 11.5. The van der Waals surface area contributed by atoms with Crippen LogP contribution in [0.2, 0.25) is 0 Å². The van der Waals surface area contributed by atoms with Crippen LogP contribution in [0.5, 0.6) is 0 Å². The summed E-state index contributed by atoms with van der Waals surface area (Å²) in [7, 11) is 0. The standard InChI is InChI=1S/C6H9BrO/c1-2-3-4-6(7)5-8/h4-5H,2-3H2,1H3. The topological polar surface area (TPSA) is 17.1 Å². The Kier molecular flexibility index (Phi) is 4.97. The molecule has 0 fully saturated rings. The van der Waals surface area contributed by atoms with E-state index >= 15 is 0 Å². The molecule has 0 saturated carbocycles. The number of carbonyl (C=O) groups excluding carboxylic acids is 1. The molecule has 0 rings (SSSR count). The van der Waals surface area contributed by atoms with Gasteiger partial charge in [0, 0.05) is 0 Å². The van der Waals surface area contributed by atoms with Crippen LogP contribution < -0.4 is 0 Å². The summed E-state index contributed by atoms with van der Waals surface area (Å²) in [4.78, 5) is 9.90. The molecule has 0 aliphatic rings. The molecule has 8 heavy (non-hydrogen) atoms. The Morgan fingerprint density at radius 2 is 2.38 bits per heavy atom. The average molecular weight is 177 g/mol. The van der Waals surface area contributed by atoms with Crippen LogP contribution in [0.3, 0.4) is 0 Å². The summed E-state index contributed by atoms with van der Waals surface area (Å²) >= 11 is 3.07. The molecule has 0 aromatic heterocycles. The van der Waals surface area contributed by atoms with E-state index in [0.29, 0.717) is 4.48 Å². The Morgan fingerprint density at radius 3 is 2.75 bits per heavy atom. The quantitative estimate of drug-likeness (QED) is 0.477. The molecule has 0 N–H and O–H groups in total. The second-order valence-corrected chi connectivity index (χ2v) is 2.41. The maximum Gasteiger partial charge on any atom is 0.156 e. The zero-order valence-corrected chi connectivity index (χ0v) is 6.44. The van der Waals surface area contributed by atoms with Crippen LogP contribution in [-0.2, 0) is 4.79 Å². The lowest BCUT2D eigenvalue weighted by atomic mass is 10.3. The van der Waals surface area contributed by atoms with Gasteiger partial charge in [0.2, 0.25) is 0 Å².